The van der Waals surface area contributed by atoms with Crippen molar-refractivity contribution in [1.82, 2.24) is 20.1 Å². The Hall–Kier alpha value is -3.12. The van der Waals surface area contributed by atoms with Crippen LogP contribution in [0.4, 0.5) is 8.63 Å². The van der Waals surface area contributed by atoms with E-state index in [4.69, 9.17) is 0 Å². The average Bonchev–Trinajstić information content (AvgIpc) is 3.70. The van der Waals surface area contributed by atoms with Crippen LogP contribution in [0.1, 0.15) is 95.0 Å². The lowest BCUT2D eigenvalue weighted by molar-refractivity contribution is -0.870. The molecule has 4 N–H and O–H groups in total. The minimum Gasteiger partial charge on any atom is -0.394 e. The van der Waals surface area contributed by atoms with Crippen molar-refractivity contribution in [3.63, 3.8) is 0 Å². The Morgan fingerprint density at radius 2 is 1.76 bits per heavy atom. The smallest absolute Gasteiger partial charge is 0.394 e. The van der Waals surface area contributed by atoms with E-state index in [-0.39, 0.29) is 31.7 Å². The molecule has 2 aromatic rings. The second-order valence-corrected chi connectivity index (χ2v) is 19.8. The number of ketones is 1. The Bertz CT molecular complexity index is 1920. The third-order valence-corrected chi connectivity index (χ3v) is 12.8. The van der Waals surface area contributed by atoms with Crippen LogP contribution in [0.2, 0.25) is 0 Å². The molecule has 4 heterocycles. The zero-order valence-corrected chi connectivity index (χ0v) is 37.5. The van der Waals surface area contributed by atoms with Crippen LogP contribution in [-0.2, 0) is 36.3 Å². The monoisotopic (exact) mass is 881 g/mol. The van der Waals surface area contributed by atoms with Crippen molar-refractivity contribution in [2.45, 2.75) is 95.9 Å². The molecule has 0 aromatic carbocycles. The van der Waals surface area contributed by atoms with E-state index in [1.807, 2.05) is 44.2 Å². The molecule has 0 saturated carbocycles. The molecule has 59 heavy (non-hydrogen) atoms. The molecule has 1 atom stereocenters. The Morgan fingerprint density at radius 1 is 1.00 bits per heavy atom. The fourth-order valence-electron chi connectivity index (χ4n) is 7.31. The van der Waals surface area contributed by atoms with Crippen molar-refractivity contribution in [1.29, 1.82) is 0 Å². The molecule has 19 heteroatoms. The molecule has 2 aliphatic heterocycles. The number of pyridine rings is 1. The number of carbonyl (C=O) groups excluding carboxylic acids is 3. The summed E-state index contributed by atoms with van der Waals surface area (Å²) in [6.45, 7) is 0.534. The predicted octanol–water partition coefficient (Wildman–Crippen LogP) is 6.55. The number of allylic oxidation sites excluding steroid dienone is 2. The van der Waals surface area contributed by atoms with Crippen LogP contribution in [0.25, 0.3) is 6.08 Å². The second-order valence-electron chi connectivity index (χ2n) is 16.1. The number of aryl methyl sites for hydroxylation is 2. The van der Waals surface area contributed by atoms with E-state index >= 15 is 8.63 Å². The summed E-state index contributed by atoms with van der Waals surface area (Å²) in [5.74, 6) is -1.69. The van der Waals surface area contributed by atoms with Gasteiger partial charge in [0.25, 0.3) is 0 Å². The fourth-order valence-corrected chi connectivity index (χ4v) is 9.47. The maximum atomic E-state index is 17.0. The van der Waals surface area contributed by atoms with Crippen LogP contribution in [0.15, 0.2) is 52.8 Å². The molecule has 4 rings (SSSR count). The van der Waals surface area contributed by atoms with E-state index in [1.165, 1.54) is 15.3 Å². The number of carbonyl (C=O) groups is 3. The van der Waals surface area contributed by atoms with Gasteiger partial charge in [-0.25, -0.2) is 9.55 Å². The molecule has 2 aliphatic rings. The molecule has 2 amide bonds. The number of fused-ring (bicyclic) bond motifs is 2. The molecular formula is C40H61BF2N6O7PS2+. The normalized spacial score (nSPS) is 15.3. The Kier molecular flexibility index (Phi) is 18.6. The molecular weight excluding hydrogens is 820 g/mol. The molecule has 0 radical (unpaired) electrons. The van der Waals surface area contributed by atoms with E-state index in [1.54, 1.807) is 23.1 Å². The molecule has 13 nitrogen and oxygen atoms in total. The highest BCUT2D eigenvalue weighted by molar-refractivity contribution is 8.76. The van der Waals surface area contributed by atoms with Crippen LogP contribution >= 0.6 is 29.4 Å². The summed E-state index contributed by atoms with van der Waals surface area (Å²) < 4.78 is 53.2. The SMILES string of the molecule is CCCC1=CC(CCC(=O)CC(COP(=O)(O)O)C(=O)NCCCCC(=O)NCCSSc2ccccn2)=[N+]2C1=Cc1c(CCC)cc(CCC[N+](C)(C)C)n1[B-]2(F)F. The Balaban J connectivity index is 1.36. The van der Waals surface area contributed by atoms with Crippen molar-refractivity contribution in [3.05, 3.63) is 64.8 Å². The highest BCUT2D eigenvalue weighted by Crippen LogP contribution is 2.40. The summed E-state index contributed by atoms with van der Waals surface area (Å²) in [7, 11) is 4.40. The van der Waals surface area contributed by atoms with Gasteiger partial charge in [-0.2, -0.15) is 0 Å². The van der Waals surface area contributed by atoms with Crippen LogP contribution < -0.4 is 10.6 Å². The van der Waals surface area contributed by atoms with Gasteiger partial charge in [-0.1, -0.05) is 43.5 Å². The number of nitrogens with zero attached hydrogens (tertiary/aromatic N) is 4. The minimum absolute atomic E-state index is 0.00645. The summed E-state index contributed by atoms with van der Waals surface area (Å²) >= 11 is 0. The van der Waals surface area contributed by atoms with Crippen LogP contribution in [-0.4, -0.2) is 112 Å². The molecule has 0 bridgehead atoms. The Labute approximate surface area is 355 Å². The largest absolute Gasteiger partial charge is 0.737 e. The van der Waals surface area contributed by atoms with Gasteiger partial charge in [-0.3, -0.25) is 18.9 Å². The number of rotatable bonds is 27. The number of unbranched alkanes of at least 4 members (excludes halogenated alkanes) is 1. The lowest BCUT2D eigenvalue weighted by Gasteiger charge is -2.32. The number of hydrogen-bond donors (Lipinski definition) is 4. The van der Waals surface area contributed by atoms with Gasteiger partial charge in [0.2, 0.25) is 11.8 Å². The number of phosphoric acid groups is 1. The van der Waals surface area contributed by atoms with Crippen molar-refractivity contribution < 1.29 is 50.9 Å². The predicted molar refractivity (Wildman–Crippen MR) is 232 cm³/mol. The number of amides is 2. The van der Waals surface area contributed by atoms with Gasteiger partial charge < -0.3 is 42.5 Å². The van der Waals surface area contributed by atoms with Gasteiger partial charge in [-0.15, -0.1) is 0 Å². The third kappa shape index (κ3) is 15.1. The number of nitrogens with one attached hydrogen (secondary N) is 2. The van der Waals surface area contributed by atoms with E-state index in [0.29, 0.717) is 67.2 Å². The maximum absolute atomic E-state index is 17.0. The highest BCUT2D eigenvalue weighted by atomic mass is 33.1. The lowest BCUT2D eigenvalue weighted by atomic mass is 9.88. The van der Waals surface area contributed by atoms with Crippen molar-refractivity contribution in [2.24, 2.45) is 5.92 Å². The molecule has 0 spiro atoms. The van der Waals surface area contributed by atoms with Crippen molar-refractivity contribution in [3.8, 4) is 0 Å². The van der Waals surface area contributed by atoms with E-state index in [9.17, 15) is 28.7 Å². The number of Topliss-reactive ketones (excluding diaryl/α,β-unsaturated/α-hetero) is 1. The quantitative estimate of drug-likeness (QED) is 0.0255. The van der Waals surface area contributed by atoms with E-state index in [2.05, 4.69) is 41.3 Å². The van der Waals surface area contributed by atoms with E-state index in [0.717, 1.165) is 50.9 Å². The van der Waals surface area contributed by atoms with Crippen LogP contribution in [0, 0.1) is 5.92 Å². The second kappa shape index (κ2) is 22.6. The first-order valence-electron chi connectivity index (χ1n) is 20.5. The summed E-state index contributed by atoms with van der Waals surface area (Å²) in [5.41, 5.74) is 3.63. The first kappa shape index (κ1) is 48.6. The number of halogens is 2. The fraction of sp³-hybridized carbons (Fsp3) is 0.575. The average molecular weight is 882 g/mol. The number of quaternary nitrogens is 1. The standard InChI is InChI=1S/C40H60BF2N6O7PS2/c1-6-13-30-25-33(15-12-23-49(3,4)5)47-36(30)28-37-31(14-7-2)26-34(48(37)41(47,42)43)18-19-35(50)27-32(29-56-57(53,54)55)40(52)46-21-10-8-16-38(51)44-22-24-58-59-39-17-9-11-20-45-39/h9,11,17,20,25-26,28,32H,6-8,10,12-16,18-19,21-24,27,29H2,1-5H3,(H3-,44,46,51,52,53,54,55)/p+1. The number of phosphoric ester groups is 1. The minimum atomic E-state index is -4.96. The summed E-state index contributed by atoms with van der Waals surface area (Å²) in [5, 5.41) is 6.44. The van der Waals surface area contributed by atoms with Crippen LogP contribution in [0.5, 0.6) is 0 Å². The van der Waals surface area contributed by atoms with Gasteiger partial charge >= 0.3 is 14.8 Å². The zero-order valence-electron chi connectivity index (χ0n) is 35.0. The van der Waals surface area contributed by atoms with Crippen molar-refractivity contribution in [2.75, 3.05) is 53.1 Å². The number of aromatic nitrogens is 2. The molecule has 0 saturated heterocycles. The van der Waals surface area contributed by atoms with Gasteiger partial charge in [-0.05, 0) is 72.4 Å². The molecule has 0 aliphatic carbocycles. The van der Waals surface area contributed by atoms with Crippen molar-refractivity contribution >= 4 is 65.8 Å². The molecule has 326 valence electrons. The summed E-state index contributed by atoms with van der Waals surface area (Å²) in [6.07, 6.45) is 10.1. The number of hydrogen-bond acceptors (Lipinski definition) is 8. The molecule has 2 aromatic heterocycles. The summed E-state index contributed by atoms with van der Waals surface area (Å²) in [4.78, 5) is 61.7. The van der Waals surface area contributed by atoms with E-state index < -0.39 is 45.4 Å². The maximum Gasteiger partial charge on any atom is 0.737 e. The summed E-state index contributed by atoms with van der Waals surface area (Å²) in [6, 6.07) is 7.60. The van der Waals surface area contributed by atoms with Crippen LogP contribution in [0.3, 0.4) is 0 Å². The first-order chi connectivity index (χ1) is 27.9. The highest BCUT2D eigenvalue weighted by Gasteiger charge is 2.54. The molecule has 0 fully saturated rings. The molecule has 1 unspecified atom stereocenters. The Morgan fingerprint density at radius 3 is 2.44 bits per heavy atom. The van der Waals surface area contributed by atoms with Gasteiger partial charge in [0.05, 0.1) is 40.2 Å². The van der Waals surface area contributed by atoms with Gasteiger partial charge in [0.1, 0.15) is 16.5 Å². The topological polar surface area (TPSA) is 163 Å². The third-order valence-electron chi connectivity index (χ3n) is 10.0. The zero-order chi connectivity index (χ0) is 43.2. The first-order valence-corrected chi connectivity index (χ1v) is 24.4. The lowest BCUT2D eigenvalue weighted by Crippen LogP contribution is -2.51. The van der Waals surface area contributed by atoms with Gasteiger partial charge in [0.15, 0.2) is 5.70 Å². The van der Waals surface area contributed by atoms with Gasteiger partial charge in [0, 0.05) is 80.6 Å².